The summed E-state index contributed by atoms with van der Waals surface area (Å²) in [6, 6.07) is 26.7. The largest absolute Gasteiger partial charge is 0.0619 e. The predicted octanol–water partition coefficient (Wildman–Crippen LogP) is 6.30. The lowest BCUT2D eigenvalue weighted by Gasteiger charge is -2.24. The minimum atomic E-state index is 0.0373. The Balaban J connectivity index is 2.04. The highest BCUT2D eigenvalue weighted by Crippen LogP contribution is 2.52. The van der Waals surface area contributed by atoms with Gasteiger partial charge in [0.25, 0.3) is 0 Å². The van der Waals surface area contributed by atoms with Crippen molar-refractivity contribution in [2.75, 3.05) is 0 Å². The smallest absolute Gasteiger partial charge is 0.0165 e. The molecule has 0 N–H and O–H groups in total. The van der Waals surface area contributed by atoms with Crippen LogP contribution >= 0.6 is 0 Å². The molecule has 0 fully saturated rings. The van der Waals surface area contributed by atoms with E-state index >= 15 is 0 Å². The number of fused-ring (bicyclic) bond motifs is 7. The molecule has 5 rings (SSSR count). The number of hydrogen-bond donors (Lipinski definition) is 0. The number of hydrogen-bond acceptors (Lipinski definition) is 0. The van der Waals surface area contributed by atoms with Gasteiger partial charge in [-0.05, 0) is 43.8 Å². The lowest BCUT2D eigenvalue weighted by atomic mass is 9.79. The van der Waals surface area contributed by atoms with E-state index in [4.69, 9.17) is 0 Å². The van der Waals surface area contributed by atoms with Crippen molar-refractivity contribution in [1.82, 2.24) is 0 Å². The fourth-order valence-corrected chi connectivity index (χ4v) is 4.37. The van der Waals surface area contributed by atoms with Gasteiger partial charge in [0.15, 0.2) is 0 Å². The average Bonchev–Trinajstić information content (AvgIpc) is 2.83. The van der Waals surface area contributed by atoms with E-state index in [-0.39, 0.29) is 5.41 Å². The van der Waals surface area contributed by atoms with Crippen molar-refractivity contribution in [3.63, 3.8) is 0 Å². The summed E-state index contributed by atoms with van der Waals surface area (Å²) in [7, 11) is 0. The fraction of sp³-hybridized carbons (Fsp3) is 0.130. The SMILES string of the molecule is CC1(C)c2ccccc2-c2ccc3ccc4ccccc4c3c21. The summed E-state index contributed by atoms with van der Waals surface area (Å²) in [5.74, 6) is 0. The highest BCUT2D eigenvalue weighted by atomic mass is 14.4. The summed E-state index contributed by atoms with van der Waals surface area (Å²) < 4.78 is 0. The Kier molecular flexibility index (Phi) is 2.37. The van der Waals surface area contributed by atoms with Crippen LogP contribution in [-0.2, 0) is 5.41 Å². The molecule has 0 saturated carbocycles. The maximum Gasteiger partial charge on any atom is 0.0165 e. The Labute approximate surface area is 136 Å². The highest BCUT2D eigenvalue weighted by Gasteiger charge is 2.36. The molecule has 0 aromatic heterocycles. The zero-order chi connectivity index (χ0) is 15.6. The Morgan fingerprint density at radius 3 is 2.22 bits per heavy atom. The van der Waals surface area contributed by atoms with Crippen LogP contribution in [0.1, 0.15) is 25.0 Å². The van der Waals surface area contributed by atoms with Crippen LogP contribution in [-0.4, -0.2) is 0 Å². The molecule has 1 aliphatic rings. The van der Waals surface area contributed by atoms with Crippen molar-refractivity contribution in [1.29, 1.82) is 0 Å². The monoisotopic (exact) mass is 294 g/mol. The molecule has 4 aromatic rings. The maximum atomic E-state index is 2.36. The standard InChI is InChI=1S/C23H18/c1-23(2)20-10-6-5-9-18(20)19-14-13-16-12-11-15-7-3-4-8-17(15)21(16)22(19)23/h3-14H,1-2H3. The Hall–Kier alpha value is -2.60. The van der Waals surface area contributed by atoms with Gasteiger partial charge in [-0.3, -0.25) is 0 Å². The molecule has 0 spiro atoms. The molecular formula is C23H18. The van der Waals surface area contributed by atoms with E-state index in [2.05, 4.69) is 86.6 Å². The zero-order valence-electron chi connectivity index (χ0n) is 13.4. The molecule has 0 heteroatoms. The summed E-state index contributed by atoms with van der Waals surface area (Å²) in [5, 5.41) is 5.44. The van der Waals surface area contributed by atoms with E-state index in [1.54, 1.807) is 0 Å². The van der Waals surface area contributed by atoms with Gasteiger partial charge < -0.3 is 0 Å². The Bertz CT molecular complexity index is 1080. The van der Waals surface area contributed by atoms with E-state index in [1.165, 1.54) is 43.8 Å². The van der Waals surface area contributed by atoms with Crippen LogP contribution in [0, 0.1) is 0 Å². The van der Waals surface area contributed by atoms with Gasteiger partial charge in [0.2, 0.25) is 0 Å². The summed E-state index contributed by atoms with van der Waals surface area (Å²) >= 11 is 0. The molecular weight excluding hydrogens is 276 g/mol. The van der Waals surface area contributed by atoms with Crippen molar-refractivity contribution < 1.29 is 0 Å². The van der Waals surface area contributed by atoms with E-state index in [0.29, 0.717) is 0 Å². The predicted molar refractivity (Wildman–Crippen MR) is 99.0 cm³/mol. The second-order valence-corrected chi connectivity index (χ2v) is 7.04. The molecule has 4 aromatic carbocycles. The molecule has 0 bridgehead atoms. The first-order valence-electron chi connectivity index (χ1n) is 8.23. The topological polar surface area (TPSA) is 0 Å². The number of benzene rings is 4. The van der Waals surface area contributed by atoms with Gasteiger partial charge in [0.05, 0.1) is 0 Å². The van der Waals surface area contributed by atoms with Gasteiger partial charge in [0.1, 0.15) is 0 Å². The summed E-state index contributed by atoms with van der Waals surface area (Å²) in [6.45, 7) is 4.72. The lowest BCUT2D eigenvalue weighted by molar-refractivity contribution is 0.666. The van der Waals surface area contributed by atoms with E-state index in [9.17, 15) is 0 Å². The first-order valence-corrected chi connectivity index (χ1v) is 8.23. The zero-order valence-corrected chi connectivity index (χ0v) is 13.4. The third-order valence-corrected chi connectivity index (χ3v) is 5.43. The average molecular weight is 294 g/mol. The van der Waals surface area contributed by atoms with Crippen molar-refractivity contribution in [3.05, 3.63) is 83.9 Å². The van der Waals surface area contributed by atoms with Crippen LogP contribution < -0.4 is 0 Å². The molecule has 110 valence electrons. The first-order chi connectivity index (χ1) is 11.2. The van der Waals surface area contributed by atoms with Crippen LogP contribution in [0.4, 0.5) is 0 Å². The van der Waals surface area contributed by atoms with Crippen LogP contribution in [0.5, 0.6) is 0 Å². The molecule has 0 aliphatic heterocycles. The third-order valence-electron chi connectivity index (χ3n) is 5.43. The fourth-order valence-electron chi connectivity index (χ4n) is 4.37. The molecule has 0 nitrogen and oxygen atoms in total. The molecule has 0 unspecified atom stereocenters. The van der Waals surface area contributed by atoms with Crippen LogP contribution in [0.15, 0.2) is 72.8 Å². The summed E-state index contributed by atoms with van der Waals surface area (Å²) in [5.41, 5.74) is 5.75. The second-order valence-electron chi connectivity index (χ2n) is 7.04. The lowest BCUT2D eigenvalue weighted by Crippen LogP contribution is -2.15. The van der Waals surface area contributed by atoms with Gasteiger partial charge in [-0.1, -0.05) is 86.6 Å². The van der Waals surface area contributed by atoms with Gasteiger partial charge in [-0.25, -0.2) is 0 Å². The van der Waals surface area contributed by atoms with Crippen molar-refractivity contribution >= 4 is 21.5 Å². The molecule has 0 radical (unpaired) electrons. The minimum absolute atomic E-state index is 0.0373. The molecule has 0 amide bonds. The molecule has 0 saturated heterocycles. The molecule has 0 atom stereocenters. The third kappa shape index (κ3) is 1.56. The van der Waals surface area contributed by atoms with Crippen molar-refractivity contribution in [2.45, 2.75) is 19.3 Å². The minimum Gasteiger partial charge on any atom is -0.0619 e. The van der Waals surface area contributed by atoms with E-state index in [0.717, 1.165) is 0 Å². The van der Waals surface area contributed by atoms with Crippen LogP contribution in [0.2, 0.25) is 0 Å². The van der Waals surface area contributed by atoms with Crippen LogP contribution in [0.3, 0.4) is 0 Å². The summed E-state index contributed by atoms with van der Waals surface area (Å²) in [4.78, 5) is 0. The first kappa shape index (κ1) is 12.9. The van der Waals surface area contributed by atoms with Gasteiger partial charge in [-0.15, -0.1) is 0 Å². The Morgan fingerprint density at radius 1 is 0.609 bits per heavy atom. The quantitative estimate of drug-likeness (QED) is 0.334. The second kappa shape index (κ2) is 4.23. The maximum absolute atomic E-state index is 2.36. The van der Waals surface area contributed by atoms with Gasteiger partial charge in [-0.2, -0.15) is 0 Å². The molecule has 23 heavy (non-hydrogen) atoms. The van der Waals surface area contributed by atoms with Crippen LogP contribution in [0.25, 0.3) is 32.7 Å². The van der Waals surface area contributed by atoms with E-state index in [1.807, 2.05) is 0 Å². The molecule has 0 heterocycles. The highest BCUT2D eigenvalue weighted by molar-refractivity contribution is 6.12. The van der Waals surface area contributed by atoms with Gasteiger partial charge in [0, 0.05) is 5.41 Å². The van der Waals surface area contributed by atoms with E-state index < -0.39 is 0 Å². The van der Waals surface area contributed by atoms with Crippen molar-refractivity contribution in [3.8, 4) is 11.1 Å². The van der Waals surface area contributed by atoms with Crippen molar-refractivity contribution in [2.24, 2.45) is 0 Å². The molecule has 1 aliphatic carbocycles. The normalized spacial score (nSPS) is 14.9. The Morgan fingerprint density at radius 2 is 1.30 bits per heavy atom. The number of rotatable bonds is 0. The summed E-state index contributed by atoms with van der Waals surface area (Å²) in [6.07, 6.45) is 0. The van der Waals surface area contributed by atoms with Gasteiger partial charge >= 0.3 is 0 Å².